The van der Waals surface area contributed by atoms with E-state index in [1.807, 2.05) is 13.0 Å². The molecule has 0 spiro atoms. The van der Waals surface area contributed by atoms with Crippen molar-refractivity contribution in [1.82, 2.24) is 0 Å². The Morgan fingerprint density at radius 2 is 1.85 bits per heavy atom. The van der Waals surface area contributed by atoms with E-state index in [1.165, 1.54) is 6.07 Å². The average Bonchev–Trinajstić information content (AvgIpc) is 1.99. The standard InChI is InChI=1S/C9H12O2.2Na.2H/c1-2-4-7-5-3-6-8(10)9(7)11;;;;/h3,5-6,10-11H,2,4H2,1H3;;;;/q;2*+1;2*-1. The van der Waals surface area contributed by atoms with Crippen molar-refractivity contribution in [2.75, 3.05) is 0 Å². The second kappa shape index (κ2) is 8.16. The number of hydrogen-bond donors (Lipinski definition) is 2. The second-order valence-corrected chi connectivity index (χ2v) is 2.53. The maximum atomic E-state index is 9.28. The van der Waals surface area contributed by atoms with E-state index in [1.54, 1.807) is 6.07 Å². The Balaban J connectivity index is -0.000000151. The Morgan fingerprint density at radius 1 is 1.23 bits per heavy atom. The second-order valence-electron chi connectivity index (χ2n) is 2.53. The normalized spacial score (nSPS) is 8.38. The van der Waals surface area contributed by atoms with Crippen LogP contribution in [-0.2, 0) is 6.42 Å². The summed E-state index contributed by atoms with van der Waals surface area (Å²) in [6, 6.07) is 5.03. The van der Waals surface area contributed by atoms with Crippen molar-refractivity contribution in [3.8, 4) is 11.5 Å². The van der Waals surface area contributed by atoms with E-state index >= 15 is 0 Å². The Labute approximate surface area is 126 Å². The van der Waals surface area contributed by atoms with Crippen LogP contribution in [0.2, 0.25) is 0 Å². The fraction of sp³-hybridized carbons (Fsp3) is 0.333. The first-order valence-corrected chi connectivity index (χ1v) is 3.75. The van der Waals surface area contributed by atoms with Crippen molar-refractivity contribution in [3.05, 3.63) is 23.8 Å². The zero-order valence-electron chi connectivity index (χ0n) is 10.5. The Hall–Kier alpha value is 0.820. The van der Waals surface area contributed by atoms with Gasteiger partial charge in [-0.2, -0.15) is 0 Å². The van der Waals surface area contributed by atoms with Crippen LogP contribution in [0.25, 0.3) is 0 Å². The number of hydrogen-bond acceptors (Lipinski definition) is 2. The third-order valence-corrected chi connectivity index (χ3v) is 1.62. The molecule has 0 aromatic heterocycles. The van der Waals surface area contributed by atoms with Crippen LogP contribution in [0.1, 0.15) is 21.8 Å². The Morgan fingerprint density at radius 3 is 2.38 bits per heavy atom. The maximum Gasteiger partial charge on any atom is 1.00 e. The fourth-order valence-corrected chi connectivity index (χ4v) is 1.05. The van der Waals surface area contributed by atoms with E-state index in [0.29, 0.717) is 0 Å². The molecule has 13 heavy (non-hydrogen) atoms. The van der Waals surface area contributed by atoms with Gasteiger partial charge in [0.05, 0.1) is 0 Å². The van der Waals surface area contributed by atoms with Crippen LogP contribution in [0.15, 0.2) is 18.2 Å². The first-order valence-electron chi connectivity index (χ1n) is 3.75. The monoisotopic (exact) mass is 200 g/mol. The maximum absolute atomic E-state index is 9.28. The molecule has 0 saturated carbocycles. The van der Waals surface area contributed by atoms with Gasteiger partial charge in [0, 0.05) is 0 Å². The van der Waals surface area contributed by atoms with Gasteiger partial charge in [-0.15, -0.1) is 0 Å². The summed E-state index contributed by atoms with van der Waals surface area (Å²) in [6.45, 7) is 2.03. The zero-order chi connectivity index (χ0) is 8.27. The summed E-state index contributed by atoms with van der Waals surface area (Å²) in [6.07, 6.45) is 1.78. The predicted octanol–water partition coefficient (Wildman–Crippen LogP) is -3.72. The molecule has 0 atom stereocenters. The van der Waals surface area contributed by atoms with Crippen molar-refractivity contribution in [2.45, 2.75) is 19.8 Å². The van der Waals surface area contributed by atoms with Gasteiger partial charge >= 0.3 is 59.1 Å². The predicted molar refractivity (Wildman–Crippen MR) is 46.0 cm³/mol. The number of benzene rings is 1. The van der Waals surface area contributed by atoms with Crippen LogP contribution < -0.4 is 59.1 Å². The molecule has 0 aliphatic heterocycles. The molecule has 0 aliphatic carbocycles. The van der Waals surface area contributed by atoms with Crippen LogP contribution in [0.5, 0.6) is 11.5 Å². The molecule has 0 bridgehead atoms. The fourth-order valence-electron chi connectivity index (χ4n) is 1.05. The summed E-state index contributed by atoms with van der Waals surface area (Å²) in [5.41, 5.74) is 0.813. The number of rotatable bonds is 2. The van der Waals surface area contributed by atoms with Crippen LogP contribution in [-0.4, -0.2) is 10.2 Å². The molecule has 0 aliphatic rings. The summed E-state index contributed by atoms with van der Waals surface area (Å²) < 4.78 is 0. The first kappa shape index (κ1) is 16.3. The van der Waals surface area contributed by atoms with Gasteiger partial charge in [0.15, 0.2) is 11.5 Å². The topological polar surface area (TPSA) is 40.5 Å². The average molecular weight is 200 g/mol. The summed E-state index contributed by atoms with van der Waals surface area (Å²) in [5, 5.41) is 18.4. The van der Waals surface area contributed by atoms with Crippen LogP contribution in [0, 0.1) is 0 Å². The van der Waals surface area contributed by atoms with E-state index in [0.717, 1.165) is 18.4 Å². The van der Waals surface area contributed by atoms with E-state index in [2.05, 4.69) is 0 Å². The van der Waals surface area contributed by atoms with Gasteiger partial charge in [-0.25, -0.2) is 0 Å². The molecule has 0 fully saturated rings. The minimum absolute atomic E-state index is 0. The molecular weight excluding hydrogens is 186 g/mol. The third kappa shape index (κ3) is 4.73. The molecule has 4 heteroatoms. The molecule has 0 unspecified atom stereocenters. The zero-order valence-corrected chi connectivity index (χ0v) is 12.5. The molecular formula is C9H14Na2O2. The first-order chi connectivity index (χ1) is 5.25. The molecule has 2 nitrogen and oxygen atoms in total. The van der Waals surface area contributed by atoms with Crippen molar-refractivity contribution in [1.29, 1.82) is 0 Å². The molecule has 1 aromatic carbocycles. The molecule has 1 rings (SSSR count). The van der Waals surface area contributed by atoms with Crippen molar-refractivity contribution < 1.29 is 72.2 Å². The number of aromatic hydroxyl groups is 2. The van der Waals surface area contributed by atoms with Gasteiger partial charge in [0.2, 0.25) is 0 Å². The van der Waals surface area contributed by atoms with Crippen LogP contribution >= 0.6 is 0 Å². The smallest absolute Gasteiger partial charge is 1.00 e. The third-order valence-electron chi connectivity index (χ3n) is 1.62. The van der Waals surface area contributed by atoms with Gasteiger partial charge in [0.1, 0.15) is 0 Å². The molecule has 0 saturated heterocycles. The van der Waals surface area contributed by atoms with Gasteiger partial charge in [-0.05, 0) is 18.1 Å². The number of phenols is 2. The van der Waals surface area contributed by atoms with Crippen LogP contribution in [0.4, 0.5) is 0 Å². The van der Waals surface area contributed by atoms with Crippen molar-refractivity contribution in [3.63, 3.8) is 0 Å². The SMILES string of the molecule is CCCc1cccc(O)c1O.[H-].[H-].[Na+].[Na+]. The van der Waals surface area contributed by atoms with Crippen LogP contribution in [0.3, 0.4) is 0 Å². The van der Waals surface area contributed by atoms with Gasteiger partial charge in [0.25, 0.3) is 0 Å². The van der Waals surface area contributed by atoms with E-state index < -0.39 is 0 Å². The number of phenolic OH excluding ortho intramolecular Hbond substituents is 2. The van der Waals surface area contributed by atoms with Gasteiger partial charge in [-0.3, -0.25) is 0 Å². The van der Waals surface area contributed by atoms with Crippen molar-refractivity contribution in [2.24, 2.45) is 0 Å². The molecule has 0 radical (unpaired) electrons. The molecule has 0 amide bonds. The minimum Gasteiger partial charge on any atom is -1.00 e. The summed E-state index contributed by atoms with van der Waals surface area (Å²) in [5.74, 6) is -0.00898. The van der Waals surface area contributed by atoms with E-state index in [-0.39, 0.29) is 73.5 Å². The number of para-hydroxylation sites is 1. The summed E-state index contributed by atoms with van der Waals surface area (Å²) in [4.78, 5) is 0. The largest absolute Gasteiger partial charge is 1.00 e. The van der Waals surface area contributed by atoms with E-state index in [9.17, 15) is 5.11 Å². The summed E-state index contributed by atoms with van der Waals surface area (Å²) in [7, 11) is 0. The molecule has 1 aromatic rings. The minimum atomic E-state index is -0.0315. The van der Waals surface area contributed by atoms with Gasteiger partial charge < -0.3 is 13.1 Å². The summed E-state index contributed by atoms with van der Waals surface area (Å²) >= 11 is 0. The molecule has 64 valence electrons. The van der Waals surface area contributed by atoms with Gasteiger partial charge in [-0.1, -0.05) is 25.5 Å². The van der Waals surface area contributed by atoms with Crippen molar-refractivity contribution >= 4 is 0 Å². The molecule has 2 N–H and O–H groups in total. The Bertz CT molecular complexity index is 260. The molecule has 0 heterocycles. The Kier molecular flexibility index (Phi) is 10.2. The quantitative estimate of drug-likeness (QED) is 0.381. The van der Waals surface area contributed by atoms with E-state index in [4.69, 9.17) is 5.11 Å². The number of aryl methyl sites for hydroxylation is 1.